The fourth-order valence-corrected chi connectivity index (χ4v) is 2.95. The van der Waals surface area contributed by atoms with Gasteiger partial charge >= 0.3 is 0 Å². The standard InChI is InChI=1S/C11H18OS/c1-9(3-5-12)7-11-8-10(2)4-6-13-11/h3,8,11-12H,4-7H2,1-2H3/b9-3+. The van der Waals surface area contributed by atoms with Gasteiger partial charge in [-0.05, 0) is 32.4 Å². The highest BCUT2D eigenvalue weighted by atomic mass is 32.2. The molecule has 1 heterocycles. The minimum Gasteiger partial charge on any atom is -0.392 e. The van der Waals surface area contributed by atoms with E-state index >= 15 is 0 Å². The lowest BCUT2D eigenvalue weighted by molar-refractivity contribution is 0.341. The van der Waals surface area contributed by atoms with Crippen molar-refractivity contribution in [2.45, 2.75) is 31.9 Å². The van der Waals surface area contributed by atoms with E-state index in [-0.39, 0.29) is 6.61 Å². The van der Waals surface area contributed by atoms with Gasteiger partial charge in [-0.25, -0.2) is 0 Å². The molecule has 0 aliphatic carbocycles. The molecule has 0 saturated carbocycles. The quantitative estimate of drug-likeness (QED) is 0.704. The van der Waals surface area contributed by atoms with Crippen LogP contribution in [0.1, 0.15) is 26.7 Å². The third-order valence-electron chi connectivity index (χ3n) is 2.26. The van der Waals surface area contributed by atoms with Crippen LogP contribution in [0, 0.1) is 0 Å². The van der Waals surface area contributed by atoms with Crippen LogP contribution in [0.4, 0.5) is 0 Å². The maximum absolute atomic E-state index is 8.72. The molecule has 1 N–H and O–H groups in total. The molecule has 0 saturated heterocycles. The SMILES string of the molecule is CC1=CC(C/C(C)=C/CO)SCC1. The highest BCUT2D eigenvalue weighted by molar-refractivity contribution is 8.00. The molecule has 0 aromatic rings. The maximum Gasteiger partial charge on any atom is 0.0614 e. The van der Waals surface area contributed by atoms with Gasteiger partial charge in [-0.3, -0.25) is 0 Å². The Balaban J connectivity index is 2.45. The molecule has 1 aliphatic heterocycles. The number of rotatable bonds is 3. The summed E-state index contributed by atoms with van der Waals surface area (Å²) in [6, 6.07) is 0. The summed E-state index contributed by atoms with van der Waals surface area (Å²) in [6.07, 6.45) is 6.59. The fraction of sp³-hybridized carbons (Fsp3) is 0.636. The Morgan fingerprint density at radius 3 is 3.15 bits per heavy atom. The van der Waals surface area contributed by atoms with Gasteiger partial charge in [0.1, 0.15) is 0 Å². The van der Waals surface area contributed by atoms with Crippen LogP contribution in [0.15, 0.2) is 23.3 Å². The molecule has 1 unspecified atom stereocenters. The van der Waals surface area contributed by atoms with E-state index in [1.54, 1.807) is 0 Å². The lowest BCUT2D eigenvalue weighted by Gasteiger charge is -2.19. The van der Waals surface area contributed by atoms with E-state index in [1.165, 1.54) is 23.3 Å². The largest absolute Gasteiger partial charge is 0.392 e. The summed E-state index contributed by atoms with van der Waals surface area (Å²) >= 11 is 2.02. The third-order valence-corrected chi connectivity index (χ3v) is 3.43. The van der Waals surface area contributed by atoms with E-state index in [9.17, 15) is 0 Å². The monoisotopic (exact) mass is 198 g/mol. The Labute approximate surface area is 84.9 Å². The first-order valence-corrected chi connectivity index (χ1v) is 5.82. The van der Waals surface area contributed by atoms with Crippen LogP contribution < -0.4 is 0 Å². The molecule has 1 atom stereocenters. The molecule has 0 amide bonds. The van der Waals surface area contributed by atoms with Crippen LogP contribution in [0.3, 0.4) is 0 Å². The minimum absolute atomic E-state index is 0.173. The van der Waals surface area contributed by atoms with Crippen molar-refractivity contribution in [1.29, 1.82) is 0 Å². The zero-order valence-corrected chi connectivity index (χ0v) is 9.23. The average molecular weight is 198 g/mol. The topological polar surface area (TPSA) is 20.2 Å². The zero-order valence-electron chi connectivity index (χ0n) is 8.42. The number of aliphatic hydroxyl groups excluding tert-OH is 1. The second-order valence-electron chi connectivity index (χ2n) is 3.61. The molecular formula is C11H18OS. The van der Waals surface area contributed by atoms with Crippen LogP contribution in [0.5, 0.6) is 0 Å². The predicted molar refractivity (Wildman–Crippen MR) is 60.1 cm³/mol. The molecule has 0 spiro atoms. The fourth-order valence-electron chi connectivity index (χ4n) is 1.49. The van der Waals surface area contributed by atoms with Crippen LogP contribution in [-0.4, -0.2) is 22.7 Å². The predicted octanol–water partition coefficient (Wildman–Crippen LogP) is 2.77. The van der Waals surface area contributed by atoms with Crippen molar-refractivity contribution in [3.63, 3.8) is 0 Å². The summed E-state index contributed by atoms with van der Waals surface area (Å²) in [4.78, 5) is 0. The van der Waals surface area contributed by atoms with E-state index in [0.29, 0.717) is 5.25 Å². The third kappa shape index (κ3) is 4.01. The van der Waals surface area contributed by atoms with E-state index < -0.39 is 0 Å². The summed E-state index contributed by atoms with van der Waals surface area (Å²) in [5.41, 5.74) is 2.81. The molecule has 0 bridgehead atoms. The number of aliphatic hydroxyl groups is 1. The first kappa shape index (κ1) is 10.9. The van der Waals surface area contributed by atoms with Crippen molar-refractivity contribution in [2.24, 2.45) is 0 Å². The van der Waals surface area contributed by atoms with Crippen molar-refractivity contribution < 1.29 is 5.11 Å². The molecule has 1 nitrogen and oxygen atoms in total. The molecule has 0 aromatic carbocycles. The Morgan fingerprint density at radius 1 is 1.77 bits per heavy atom. The van der Waals surface area contributed by atoms with E-state index in [1.807, 2.05) is 17.8 Å². The normalized spacial score (nSPS) is 24.4. The lowest BCUT2D eigenvalue weighted by Crippen LogP contribution is -2.07. The molecule has 1 aliphatic rings. The van der Waals surface area contributed by atoms with Crippen molar-refractivity contribution in [3.05, 3.63) is 23.3 Å². The van der Waals surface area contributed by atoms with Crippen molar-refractivity contribution in [1.82, 2.24) is 0 Å². The summed E-state index contributed by atoms with van der Waals surface area (Å²) < 4.78 is 0. The van der Waals surface area contributed by atoms with E-state index in [2.05, 4.69) is 19.9 Å². The zero-order chi connectivity index (χ0) is 9.68. The van der Waals surface area contributed by atoms with Crippen LogP contribution >= 0.6 is 11.8 Å². The molecule has 13 heavy (non-hydrogen) atoms. The van der Waals surface area contributed by atoms with Gasteiger partial charge in [-0.1, -0.05) is 23.3 Å². The van der Waals surface area contributed by atoms with Gasteiger partial charge < -0.3 is 5.11 Å². The highest BCUT2D eigenvalue weighted by Crippen LogP contribution is 2.28. The summed E-state index contributed by atoms with van der Waals surface area (Å²) in [5, 5.41) is 9.36. The first-order valence-electron chi connectivity index (χ1n) is 4.77. The van der Waals surface area contributed by atoms with Crippen LogP contribution in [-0.2, 0) is 0 Å². The Morgan fingerprint density at radius 2 is 2.54 bits per heavy atom. The van der Waals surface area contributed by atoms with Crippen LogP contribution in [0.25, 0.3) is 0 Å². The van der Waals surface area contributed by atoms with Gasteiger partial charge in [0.05, 0.1) is 6.61 Å². The lowest BCUT2D eigenvalue weighted by atomic mass is 10.1. The van der Waals surface area contributed by atoms with Gasteiger partial charge in [-0.15, -0.1) is 0 Å². The van der Waals surface area contributed by atoms with Gasteiger partial charge in [0.25, 0.3) is 0 Å². The number of hydrogen-bond donors (Lipinski definition) is 1. The molecular weight excluding hydrogens is 180 g/mol. The van der Waals surface area contributed by atoms with Crippen molar-refractivity contribution in [3.8, 4) is 0 Å². The molecule has 2 heteroatoms. The van der Waals surface area contributed by atoms with Gasteiger partial charge in [0.15, 0.2) is 0 Å². The van der Waals surface area contributed by atoms with Gasteiger partial charge in [0, 0.05) is 5.25 Å². The summed E-state index contributed by atoms with van der Waals surface area (Å²) in [6.45, 7) is 4.47. The highest BCUT2D eigenvalue weighted by Gasteiger charge is 2.11. The molecule has 0 fully saturated rings. The average Bonchev–Trinajstić information content (AvgIpc) is 2.04. The molecule has 0 aromatic heterocycles. The van der Waals surface area contributed by atoms with Gasteiger partial charge in [0.2, 0.25) is 0 Å². The van der Waals surface area contributed by atoms with Gasteiger partial charge in [-0.2, -0.15) is 11.8 Å². The summed E-state index contributed by atoms with van der Waals surface area (Å²) in [7, 11) is 0. The second kappa shape index (κ2) is 5.51. The number of hydrogen-bond acceptors (Lipinski definition) is 2. The van der Waals surface area contributed by atoms with Crippen molar-refractivity contribution >= 4 is 11.8 Å². The van der Waals surface area contributed by atoms with Crippen molar-refractivity contribution in [2.75, 3.05) is 12.4 Å². The second-order valence-corrected chi connectivity index (χ2v) is 4.96. The minimum atomic E-state index is 0.173. The Hall–Kier alpha value is -0.210. The Kier molecular flexibility index (Phi) is 4.60. The number of thioether (sulfide) groups is 1. The number of allylic oxidation sites excluding steroid dienone is 2. The smallest absolute Gasteiger partial charge is 0.0614 e. The van der Waals surface area contributed by atoms with E-state index in [0.717, 1.165) is 6.42 Å². The summed E-state index contributed by atoms with van der Waals surface area (Å²) in [5.74, 6) is 1.25. The van der Waals surface area contributed by atoms with E-state index in [4.69, 9.17) is 5.11 Å². The first-order chi connectivity index (χ1) is 6.22. The maximum atomic E-state index is 8.72. The Bertz CT molecular complexity index is 218. The van der Waals surface area contributed by atoms with Crippen LogP contribution in [0.2, 0.25) is 0 Å². The molecule has 0 radical (unpaired) electrons. The molecule has 74 valence electrons. The molecule has 1 rings (SSSR count).